The zero-order valence-electron chi connectivity index (χ0n) is 19.0. The molecule has 1 aliphatic rings. The van der Waals surface area contributed by atoms with Gasteiger partial charge in [-0.3, -0.25) is 9.69 Å². The normalized spacial score (nSPS) is 22.3. The minimum absolute atomic E-state index is 0.0959. The van der Waals surface area contributed by atoms with Crippen LogP contribution in [0.5, 0.6) is 0 Å². The number of furan rings is 1. The summed E-state index contributed by atoms with van der Waals surface area (Å²) in [4.78, 5) is 14.4. The van der Waals surface area contributed by atoms with E-state index in [2.05, 4.69) is 0 Å². The molecule has 1 fully saturated rings. The predicted octanol–water partition coefficient (Wildman–Crippen LogP) is 6.04. The Morgan fingerprint density at radius 3 is 2.24 bits per heavy atom. The molecule has 0 bridgehead atoms. The summed E-state index contributed by atoms with van der Waals surface area (Å²) in [6, 6.07) is 4.56. The monoisotopic (exact) mass is 490 g/mol. The first-order valence-electron chi connectivity index (χ1n) is 11.0. The number of nitrogens with two attached hydrogens (primary N) is 1. The van der Waals surface area contributed by atoms with Crippen LogP contribution in [0, 0.1) is 11.3 Å². The molecule has 4 nitrogen and oxygen atoms in total. The van der Waals surface area contributed by atoms with Crippen molar-refractivity contribution in [2.24, 2.45) is 17.1 Å². The lowest BCUT2D eigenvalue weighted by atomic mass is 9.69. The number of hydrogen-bond acceptors (Lipinski definition) is 3. The fourth-order valence-corrected chi connectivity index (χ4v) is 4.94. The number of benzene rings is 1. The lowest BCUT2D eigenvalue weighted by Crippen LogP contribution is -2.52. The first-order chi connectivity index (χ1) is 15.7. The average Bonchev–Trinajstić information content (AvgIpc) is 3.21. The molecule has 0 aliphatic carbocycles. The van der Waals surface area contributed by atoms with Gasteiger partial charge in [-0.1, -0.05) is 13.8 Å². The summed E-state index contributed by atoms with van der Waals surface area (Å²) in [5.74, 6) is 0.250. The molecule has 1 amide bonds. The molecule has 188 valence electrons. The summed E-state index contributed by atoms with van der Waals surface area (Å²) in [5.41, 5.74) is 2.09. The Bertz CT molecular complexity index is 952. The molecule has 2 aromatic rings. The number of carbonyl (C=O) groups is 1. The fraction of sp³-hybridized carbons (Fsp3) is 0.542. The molecule has 10 heteroatoms. The average molecular weight is 490 g/mol. The van der Waals surface area contributed by atoms with Crippen LogP contribution in [0.15, 0.2) is 41.0 Å². The summed E-state index contributed by atoms with van der Waals surface area (Å²) in [6.07, 6.45) is -7.28. The highest BCUT2D eigenvalue weighted by molar-refractivity contribution is 5.81. The van der Waals surface area contributed by atoms with Crippen molar-refractivity contribution in [3.05, 3.63) is 59.0 Å². The number of carbonyl (C=O) groups excluding carboxylic acids is 1. The van der Waals surface area contributed by atoms with Crippen LogP contribution in [-0.4, -0.2) is 23.4 Å². The number of rotatable bonds is 7. The second kappa shape index (κ2) is 9.64. The van der Waals surface area contributed by atoms with Crippen molar-refractivity contribution in [1.29, 1.82) is 0 Å². The molecule has 2 atom stereocenters. The van der Waals surface area contributed by atoms with Gasteiger partial charge in [-0.2, -0.15) is 26.3 Å². The number of piperidine rings is 1. The number of likely N-dealkylation sites (tertiary alicyclic amines) is 1. The van der Waals surface area contributed by atoms with E-state index >= 15 is 0 Å². The molecule has 1 aromatic heterocycles. The highest BCUT2D eigenvalue weighted by Crippen LogP contribution is 2.42. The number of primary amides is 1. The first-order valence-corrected chi connectivity index (χ1v) is 11.0. The highest BCUT2D eigenvalue weighted by Gasteiger charge is 2.45. The van der Waals surface area contributed by atoms with Crippen molar-refractivity contribution in [3.63, 3.8) is 0 Å². The first kappa shape index (κ1) is 26.1. The van der Waals surface area contributed by atoms with Crippen LogP contribution in [0.4, 0.5) is 26.3 Å². The maximum atomic E-state index is 13.4. The maximum absolute atomic E-state index is 13.4. The van der Waals surface area contributed by atoms with E-state index in [4.69, 9.17) is 10.2 Å². The van der Waals surface area contributed by atoms with Gasteiger partial charge >= 0.3 is 12.4 Å². The van der Waals surface area contributed by atoms with Crippen LogP contribution in [0.1, 0.15) is 55.6 Å². The molecule has 2 heterocycles. The van der Waals surface area contributed by atoms with E-state index in [1.54, 1.807) is 12.1 Å². The van der Waals surface area contributed by atoms with Gasteiger partial charge in [0.1, 0.15) is 5.76 Å². The Kier molecular flexibility index (Phi) is 7.40. The Hall–Kier alpha value is -2.49. The van der Waals surface area contributed by atoms with Gasteiger partial charge in [0.2, 0.25) is 5.91 Å². The molecular formula is C24H28F6N2O2. The molecule has 0 radical (unpaired) electrons. The van der Waals surface area contributed by atoms with Gasteiger partial charge in [-0.25, -0.2) is 0 Å². The van der Waals surface area contributed by atoms with Crippen molar-refractivity contribution >= 4 is 5.91 Å². The topological polar surface area (TPSA) is 59.5 Å². The van der Waals surface area contributed by atoms with E-state index in [0.29, 0.717) is 31.7 Å². The minimum atomic E-state index is -4.93. The molecule has 34 heavy (non-hydrogen) atoms. The van der Waals surface area contributed by atoms with Gasteiger partial charge < -0.3 is 10.2 Å². The molecule has 2 N–H and O–H groups in total. The molecule has 0 saturated carbocycles. The van der Waals surface area contributed by atoms with E-state index in [0.717, 1.165) is 12.1 Å². The third-order valence-corrected chi connectivity index (χ3v) is 6.40. The molecule has 3 rings (SSSR count). The molecule has 1 saturated heterocycles. The van der Waals surface area contributed by atoms with Gasteiger partial charge in [0.05, 0.1) is 29.3 Å². The number of nitrogens with zero attached hydrogens (tertiary/aromatic N) is 1. The van der Waals surface area contributed by atoms with Crippen molar-refractivity contribution in [2.45, 2.75) is 64.5 Å². The molecule has 1 unspecified atom stereocenters. The fourth-order valence-electron chi connectivity index (χ4n) is 4.94. The van der Waals surface area contributed by atoms with E-state index in [1.807, 2.05) is 18.7 Å². The number of alkyl halides is 6. The van der Waals surface area contributed by atoms with E-state index in [1.165, 1.54) is 6.26 Å². The molecule has 1 aromatic carbocycles. The summed E-state index contributed by atoms with van der Waals surface area (Å²) in [6.45, 7) is 4.61. The Morgan fingerprint density at radius 2 is 1.76 bits per heavy atom. The summed E-state index contributed by atoms with van der Waals surface area (Å²) < 4.78 is 85.6. The SMILES string of the molecule is CC(C)CC1(C(N)=O)CCN(Cc2ccco2)[C@H](Cc2cc(C(F)(F)F)cc(C(F)(F)F)c2)C1. The third-order valence-electron chi connectivity index (χ3n) is 6.40. The van der Waals surface area contributed by atoms with Gasteiger partial charge in [0.15, 0.2) is 0 Å². The van der Waals surface area contributed by atoms with E-state index in [9.17, 15) is 31.1 Å². The van der Waals surface area contributed by atoms with Crippen LogP contribution in [0.3, 0.4) is 0 Å². The quantitative estimate of drug-likeness (QED) is 0.482. The third kappa shape index (κ3) is 6.14. The zero-order valence-corrected chi connectivity index (χ0v) is 19.0. The van der Waals surface area contributed by atoms with E-state index in [-0.39, 0.29) is 30.4 Å². The maximum Gasteiger partial charge on any atom is 0.416 e. The smallest absolute Gasteiger partial charge is 0.416 e. The molecule has 0 spiro atoms. The summed E-state index contributed by atoms with van der Waals surface area (Å²) in [5, 5.41) is 0. The highest BCUT2D eigenvalue weighted by atomic mass is 19.4. The van der Waals surface area contributed by atoms with Crippen LogP contribution >= 0.6 is 0 Å². The Labute approximate surface area is 194 Å². The van der Waals surface area contributed by atoms with Crippen molar-refractivity contribution in [1.82, 2.24) is 4.90 Å². The predicted molar refractivity (Wildman–Crippen MR) is 113 cm³/mol. The summed E-state index contributed by atoms with van der Waals surface area (Å²) in [7, 11) is 0. The number of hydrogen-bond donors (Lipinski definition) is 1. The van der Waals surface area contributed by atoms with Gasteiger partial charge in [-0.15, -0.1) is 0 Å². The van der Waals surface area contributed by atoms with Gasteiger partial charge in [0, 0.05) is 6.04 Å². The Balaban J connectivity index is 2.00. The lowest BCUT2D eigenvalue weighted by Gasteiger charge is -2.46. The Morgan fingerprint density at radius 1 is 1.15 bits per heavy atom. The van der Waals surface area contributed by atoms with Gasteiger partial charge in [0.25, 0.3) is 0 Å². The van der Waals surface area contributed by atoms with Crippen LogP contribution in [0.25, 0.3) is 0 Å². The largest absolute Gasteiger partial charge is 0.468 e. The second-order valence-corrected chi connectivity index (χ2v) is 9.52. The van der Waals surface area contributed by atoms with Gasteiger partial charge in [-0.05, 0) is 74.0 Å². The van der Waals surface area contributed by atoms with Crippen molar-refractivity contribution in [3.8, 4) is 0 Å². The zero-order chi connectivity index (χ0) is 25.3. The number of halogens is 6. The van der Waals surface area contributed by atoms with Crippen LogP contribution in [-0.2, 0) is 30.1 Å². The van der Waals surface area contributed by atoms with Crippen LogP contribution in [0.2, 0.25) is 0 Å². The molecule has 1 aliphatic heterocycles. The number of amides is 1. The van der Waals surface area contributed by atoms with E-state index < -0.39 is 40.8 Å². The van der Waals surface area contributed by atoms with Crippen molar-refractivity contribution in [2.75, 3.05) is 6.54 Å². The van der Waals surface area contributed by atoms with Crippen molar-refractivity contribution < 1.29 is 35.6 Å². The molecular weight excluding hydrogens is 462 g/mol. The lowest BCUT2D eigenvalue weighted by molar-refractivity contribution is -0.143. The van der Waals surface area contributed by atoms with Crippen LogP contribution < -0.4 is 5.73 Å². The standard InChI is InChI=1S/C24H28F6N2O2/c1-15(2)12-22(21(31)33)5-6-32(14-20-4-3-7-34-20)19(13-22)10-16-8-17(23(25,26)27)11-18(9-16)24(28,29)30/h3-4,7-9,11,15,19H,5-6,10,12-14H2,1-2H3,(H2,31,33)/t19-,22?/m1/s1. The summed E-state index contributed by atoms with van der Waals surface area (Å²) >= 11 is 0. The minimum Gasteiger partial charge on any atom is -0.468 e. The second-order valence-electron chi connectivity index (χ2n) is 9.52.